The molecule has 26 heavy (non-hydrogen) atoms. The molecule has 0 unspecified atom stereocenters. The molecule has 2 heterocycles. The van der Waals surface area contributed by atoms with Crippen LogP contribution >= 0.6 is 0 Å². The summed E-state index contributed by atoms with van der Waals surface area (Å²) in [5, 5.41) is 9.03. The molecular weight excluding hydrogens is 328 g/mol. The summed E-state index contributed by atoms with van der Waals surface area (Å²) in [6.07, 6.45) is 7.30. The molecule has 1 aliphatic heterocycles. The van der Waals surface area contributed by atoms with E-state index < -0.39 is 6.09 Å². The normalized spacial score (nSPS) is 17.1. The fourth-order valence-electron chi connectivity index (χ4n) is 3.26. The molecule has 2 fully saturated rings. The number of carbonyl (C=O) groups is 1. The molecule has 134 valence electrons. The SMILES string of the molecule is O=C(O)N1CCC(=Cc2cccc(Oc3ccc(C4CC4)cn3)c2)CC1. The van der Waals surface area contributed by atoms with Gasteiger partial charge in [0.25, 0.3) is 0 Å². The van der Waals surface area contributed by atoms with E-state index in [0.717, 1.165) is 24.2 Å². The van der Waals surface area contributed by atoms with Gasteiger partial charge in [-0.05, 0) is 54.9 Å². The Morgan fingerprint density at radius 1 is 1.19 bits per heavy atom. The molecular formula is C21H22N2O3. The smallest absolute Gasteiger partial charge is 0.407 e. The van der Waals surface area contributed by atoms with Crippen LogP contribution < -0.4 is 4.74 Å². The van der Waals surface area contributed by atoms with Gasteiger partial charge in [-0.3, -0.25) is 0 Å². The van der Waals surface area contributed by atoms with Gasteiger partial charge in [0, 0.05) is 25.4 Å². The first-order chi connectivity index (χ1) is 12.7. The largest absolute Gasteiger partial charge is 0.465 e. The molecule has 0 atom stereocenters. The Hall–Kier alpha value is -2.82. The predicted molar refractivity (Wildman–Crippen MR) is 99.5 cm³/mol. The lowest BCUT2D eigenvalue weighted by molar-refractivity contribution is 0.142. The van der Waals surface area contributed by atoms with Crippen LogP contribution in [-0.2, 0) is 0 Å². The number of ether oxygens (including phenoxy) is 1. The van der Waals surface area contributed by atoms with Crippen molar-refractivity contribution >= 4 is 12.2 Å². The van der Waals surface area contributed by atoms with E-state index in [-0.39, 0.29) is 0 Å². The van der Waals surface area contributed by atoms with Gasteiger partial charge >= 0.3 is 6.09 Å². The molecule has 1 aromatic heterocycles. The molecule has 0 bridgehead atoms. The maximum absolute atomic E-state index is 11.0. The quantitative estimate of drug-likeness (QED) is 0.851. The summed E-state index contributed by atoms with van der Waals surface area (Å²) in [7, 11) is 0. The summed E-state index contributed by atoms with van der Waals surface area (Å²) in [6, 6.07) is 11.9. The van der Waals surface area contributed by atoms with Gasteiger partial charge in [0.15, 0.2) is 0 Å². The first-order valence-corrected chi connectivity index (χ1v) is 9.08. The Kier molecular flexibility index (Phi) is 4.61. The maximum atomic E-state index is 11.0. The van der Waals surface area contributed by atoms with Crippen molar-refractivity contribution in [3.05, 3.63) is 59.3 Å². The molecule has 1 saturated carbocycles. The highest BCUT2D eigenvalue weighted by molar-refractivity contribution is 5.65. The van der Waals surface area contributed by atoms with Crippen LogP contribution in [0.1, 0.15) is 42.7 Å². The molecule has 1 amide bonds. The molecule has 4 rings (SSSR count). The Balaban J connectivity index is 1.41. The van der Waals surface area contributed by atoms with Crippen LogP contribution in [0.2, 0.25) is 0 Å². The highest BCUT2D eigenvalue weighted by Crippen LogP contribution is 2.40. The molecule has 2 aliphatic rings. The van der Waals surface area contributed by atoms with Gasteiger partial charge < -0.3 is 14.7 Å². The van der Waals surface area contributed by atoms with Crippen molar-refractivity contribution in [1.29, 1.82) is 0 Å². The predicted octanol–water partition coefficient (Wildman–Crippen LogP) is 4.91. The molecule has 0 radical (unpaired) electrons. The van der Waals surface area contributed by atoms with Gasteiger partial charge in [0.05, 0.1) is 0 Å². The standard InChI is InChI=1S/C21H22N2O3/c24-21(25)23-10-8-15(9-11-23)12-16-2-1-3-19(13-16)26-20-7-6-18(14-22-20)17-4-5-17/h1-3,6-7,12-14,17H,4-5,8-11H2,(H,24,25). The van der Waals surface area contributed by atoms with Crippen LogP contribution in [0.25, 0.3) is 6.08 Å². The van der Waals surface area contributed by atoms with Gasteiger partial charge in [-0.1, -0.05) is 29.8 Å². The van der Waals surface area contributed by atoms with Gasteiger partial charge in [-0.25, -0.2) is 9.78 Å². The number of likely N-dealkylation sites (tertiary alicyclic amines) is 1. The van der Waals surface area contributed by atoms with Crippen molar-refractivity contribution in [2.45, 2.75) is 31.6 Å². The van der Waals surface area contributed by atoms with E-state index in [4.69, 9.17) is 9.84 Å². The Morgan fingerprint density at radius 2 is 2.00 bits per heavy atom. The third kappa shape index (κ3) is 4.04. The molecule has 5 heteroatoms. The zero-order valence-electron chi connectivity index (χ0n) is 14.6. The number of rotatable bonds is 4. The van der Waals surface area contributed by atoms with Crippen molar-refractivity contribution in [3.63, 3.8) is 0 Å². The number of pyridine rings is 1. The zero-order valence-corrected chi connectivity index (χ0v) is 14.6. The van der Waals surface area contributed by atoms with Crippen molar-refractivity contribution in [2.24, 2.45) is 0 Å². The number of nitrogens with zero attached hydrogens (tertiary/aromatic N) is 2. The number of hydrogen-bond donors (Lipinski definition) is 1. The molecule has 1 saturated heterocycles. The summed E-state index contributed by atoms with van der Waals surface area (Å²) >= 11 is 0. The minimum atomic E-state index is -0.834. The molecule has 1 aliphatic carbocycles. The number of aromatic nitrogens is 1. The van der Waals surface area contributed by atoms with Gasteiger partial charge in [-0.15, -0.1) is 0 Å². The summed E-state index contributed by atoms with van der Waals surface area (Å²) in [5.74, 6) is 2.06. The Morgan fingerprint density at radius 3 is 2.65 bits per heavy atom. The number of piperidine rings is 1. The zero-order chi connectivity index (χ0) is 17.9. The Bertz CT molecular complexity index is 815. The molecule has 5 nitrogen and oxygen atoms in total. The number of hydrogen-bond acceptors (Lipinski definition) is 3. The third-order valence-corrected chi connectivity index (χ3v) is 4.94. The fraction of sp³-hybridized carbons (Fsp3) is 0.333. The fourth-order valence-corrected chi connectivity index (χ4v) is 3.26. The van der Waals surface area contributed by atoms with E-state index in [1.165, 1.54) is 28.9 Å². The lowest BCUT2D eigenvalue weighted by Gasteiger charge is -2.25. The van der Waals surface area contributed by atoms with Gasteiger partial charge in [0.2, 0.25) is 5.88 Å². The lowest BCUT2D eigenvalue weighted by atomic mass is 10.0. The van der Waals surface area contributed by atoms with E-state index in [1.807, 2.05) is 36.5 Å². The van der Waals surface area contributed by atoms with Crippen molar-refractivity contribution in [1.82, 2.24) is 9.88 Å². The second-order valence-electron chi connectivity index (χ2n) is 6.95. The maximum Gasteiger partial charge on any atom is 0.407 e. The van der Waals surface area contributed by atoms with Crippen LogP contribution in [0.5, 0.6) is 11.6 Å². The number of carboxylic acid groups (broad SMARTS) is 1. The van der Waals surface area contributed by atoms with Gasteiger partial charge in [0.1, 0.15) is 5.75 Å². The van der Waals surface area contributed by atoms with Crippen LogP contribution in [0.3, 0.4) is 0 Å². The lowest BCUT2D eigenvalue weighted by Crippen LogP contribution is -2.35. The van der Waals surface area contributed by atoms with Crippen molar-refractivity contribution in [2.75, 3.05) is 13.1 Å². The van der Waals surface area contributed by atoms with Crippen molar-refractivity contribution in [3.8, 4) is 11.6 Å². The first kappa shape index (κ1) is 16.6. The van der Waals surface area contributed by atoms with Crippen LogP contribution in [0.15, 0.2) is 48.2 Å². The van der Waals surface area contributed by atoms with E-state index in [9.17, 15) is 4.79 Å². The second-order valence-corrected chi connectivity index (χ2v) is 6.95. The minimum Gasteiger partial charge on any atom is -0.465 e. The van der Waals surface area contributed by atoms with Crippen molar-refractivity contribution < 1.29 is 14.6 Å². The van der Waals surface area contributed by atoms with Crippen LogP contribution in [-0.4, -0.2) is 34.2 Å². The van der Waals surface area contributed by atoms with Crippen LogP contribution in [0, 0.1) is 0 Å². The van der Waals surface area contributed by atoms with E-state index in [1.54, 1.807) is 0 Å². The summed E-state index contributed by atoms with van der Waals surface area (Å²) < 4.78 is 5.89. The molecule has 0 spiro atoms. The van der Waals surface area contributed by atoms with E-state index >= 15 is 0 Å². The topological polar surface area (TPSA) is 62.7 Å². The number of benzene rings is 1. The van der Waals surface area contributed by atoms with Gasteiger partial charge in [-0.2, -0.15) is 0 Å². The van der Waals surface area contributed by atoms with Crippen LogP contribution in [0.4, 0.5) is 4.79 Å². The van der Waals surface area contributed by atoms with E-state index in [0.29, 0.717) is 24.9 Å². The highest BCUT2D eigenvalue weighted by Gasteiger charge is 2.23. The third-order valence-electron chi connectivity index (χ3n) is 4.94. The van der Waals surface area contributed by atoms with E-state index in [2.05, 4.69) is 17.1 Å². The summed E-state index contributed by atoms with van der Waals surface area (Å²) in [6.45, 7) is 1.13. The summed E-state index contributed by atoms with van der Waals surface area (Å²) in [5.41, 5.74) is 3.63. The average molecular weight is 350 g/mol. The minimum absolute atomic E-state index is 0.564. The second kappa shape index (κ2) is 7.20. The highest BCUT2D eigenvalue weighted by atomic mass is 16.5. The Labute approximate surface area is 152 Å². The molecule has 2 aromatic rings. The molecule has 1 N–H and O–H groups in total. The number of amides is 1. The average Bonchev–Trinajstić information content (AvgIpc) is 3.48. The first-order valence-electron chi connectivity index (χ1n) is 9.08. The molecule has 1 aromatic carbocycles. The summed E-state index contributed by atoms with van der Waals surface area (Å²) in [4.78, 5) is 16.9. The monoisotopic (exact) mass is 350 g/mol.